The van der Waals surface area contributed by atoms with Crippen molar-refractivity contribution in [2.45, 2.75) is 52.4 Å². The molecule has 1 atom stereocenters. The fraction of sp³-hybridized carbons (Fsp3) is 0.714. The summed E-state index contributed by atoms with van der Waals surface area (Å²) in [7, 11) is 0. The number of hydrogen-bond donors (Lipinski definition) is 2. The van der Waals surface area contributed by atoms with Crippen LogP contribution in [-0.2, 0) is 22.4 Å². The maximum Gasteiger partial charge on any atom is 0.303 e. The van der Waals surface area contributed by atoms with Crippen molar-refractivity contribution in [3.8, 4) is 0 Å². The standard InChI is InChI=1S/C14H23N3O4/c1-3-5-11-16-13(21-17-11)7-4-6-12(18)15-9-10(2)8-14(19)20/h10H,3-9H2,1-2H3,(H,15,18)(H,19,20). The number of nitrogens with one attached hydrogen (secondary N) is 1. The van der Waals surface area contributed by atoms with Crippen molar-refractivity contribution in [1.82, 2.24) is 15.5 Å². The SMILES string of the molecule is CCCc1noc(CCCC(=O)NCC(C)CC(=O)O)n1. The first-order valence-electron chi connectivity index (χ1n) is 7.31. The number of carboxylic acid groups (broad SMARTS) is 1. The van der Waals surface area contributed by atoms with Crippen LogP contribution in [0, 0.1) is 5.92 Å². The van der Waals surface area contributed by atoms with E-state index >= 15 is 0 Å². The maximum absolute atomic E-state index is 11.6. The molecule has 0 fully saturated rings. The summed E-state index contributed by atoms with van der Waals surface area (Å²) in [4.78, 5) is 26.3. The zero-order valence-corrected chi connectivity index (χ0v) is 12.6. The normalized spacial score (nSPS) is 12.1. The second kappa shape index (κ2) is 9.10. The smallest absolute Gasteiger partial charge is 0.303 e. The Morgan fingerprint density at radius 3 is 2.81 bits per heavy atom. The van der Waals surface area contributed by atoms with E-state index in [4.69, 9.17) is 9.63 Å². The Bertz CT molecular complexity index is 459. The first-order valence-corrected chi connectivity index (χ1v) is 7.31. The van der Waals surface area contributed by atoms with E-state index in [0.29, 0.717) is 37.5 Å². The molecule has 0 aliphatic heterocycles. The number of hydrogen-bond acceptors (Lipinski definition) is 5. The summed E-state index contributed by atoms with van der Waals surface area (Å²) in [6.07, 6.45) is 3.40. The Hall–Kier alpha value is -1.92. The van der Waals surface area contributed by atoms with Gasteiger partial charge >= 0.3 is 5.97 Å². The van der Waals surface area contributed by atoms with Gasteiger partial charge in [0.2, 0.25) is 11.8 Å². The van der Waals surface area contributed by atoms with Crippen molar-refractivity contribution in [3.05, 3.63) is 11.7 Å². The molecule has 0 aliphatic carbocycles. The molecule has 118 valence electrons. The van der Waals surface area contributed by atoms with E-state index in [1.807, 2.05) is 6.92 Å². The number of carbonyl (C=O) groups excluding carboxylic acids is 1. The number of aryl methyl sites for hydroxylation is 2. The van der Waals surface area contributed by atoms with Crippen molar-refractivity contribution in [2.75, 3.05) is 6.54 Å². The molecule has 1 aromatic heterocycles. The van der Waals surface area contributed by atoms with Gasteiger partial charge in [0.1, 0.15) is 0 Å². The minimum absolute atomic E-state index is 0.0580. The lowest BCUT2D eigenvalue weighted by atomic mass is 10.1. The Kier molecular flexibility index (Phi) is 7.42. The number of nitrogens with zero attached hydrogens (tertiary/aromatic N) is 2. The summed E-state index contributed by atoms with van der Waals surface area (Å²) in [6.45, 7) is 4.22. The van der Waals surface area contributed by atoms with Crippen LogP contribution in [0.2, 0.25) is 0 Å². The summed E-state index contributed by atoms with van der Waals surface area (Å²) < 4.78 is 5.08. The van der Waals surface area contributed by atoms with E-state index in [0.717, 1.165) is 12.8 Å². The van der Waals surface area contributed by atoms with Gasteiger partial charge in [0.05, 0.1) is 0 Å². The predicted octanol–water partition coefficient (Wildman–Crippen LogP) is 1.57. The minimum Gasteiger partial charge on any atom is -0.481 e. The summed E-state index contributed by atoms with van der Waals surface area (Å²) >= 11 is 0. The number of aliphatic carboxylic acids is 1. The zero-order chi connectivity index (χ0) is 15.7. The predicted molar refractivity (Wildman–Crippen MR) is 75.7 cm³/mol. The molecule has 7 nitrogen and oxygen atoms in total. The molecule has 1 unspecified atom stereocenters. The van der Waals surface area contributed by atoms with E-state index in [1.165, 1.54) is 0 Å². The highest BCUT2D eigenvalue weighted by molar-refractivity contribution is 5.75. The topological polar surface area (TPSA) is 105 Å². The number of amides is 1. The van der Waals surface area contributed by atoms with Crippen molar-refractivity contribution < 1.29 is 19.2 Å². The molecular formula is C14H23N3O4. The lowest BCUT2D eigenvalue weighted by Crippen LogP contribution is -2.29. The van der Waals surface area contributed by atoms with Crippen LogP contribution in [0.5, 0.6) is 0 Å². The van der Waals surface area contributed by atoms with Crippen LogP contribution in [-0.4, -0.2) is 33.7 Å². The molecule has 0 bridgehead atoms. The summed E-state index contributed by atoms with van der Waals surface area (Å²) in [6, 6.07) is 0. The number of carboxylic acids is 1. The minimum atomic E-state index is -0.851. The highest BCUT2D eigenvalue weighted by Crippen LogP contribution is 2.05. The van der Waals surface area contributed by atoms with Crippen molar-refractivity contribution in [1.29, 1.82) is 0 Å². The van der Waals surface area contributed by atoms with Crippen molar-refractivity contribution in [2.24, 2.45) is 5.92 Å². The Labute approximate surface area is 124 Å². The Morgan fingerprint density at radius 1 is 1.38 bits per heavy atom. The molecule has 1 amide bonds. The van der Waals surface area contributed by atoms with E-state index in [9.17, 15) is 9.59 Å². The van der Waals surface area contributed by atoms with Crippen LogP contribution < -0.4 is 5.32 Å². The van der Waals surface area contributed by atoms with Crippen molar-refractivity contribution >= 4 is 11.9 Å². The molecule has 21 heavy (non-hydrogen) atoms. The third kappa shape index (κ3) is 7.43. The molecule has 1 heterocycles. The van der Waals surface area contributed by atoms with Gasteiger partial charge in [-0.15, -0.1) is 0 Å². The van der Waals surface area contributed by atoms with Crippen LogP contribution in [0.4, 0.5) is 0 Å². The summed E-state index contributed by atoms with van der Waals surface area (Å²) in [5.41, 5.74) is 0. The van der Waals surface area contributed by atoms with E-state index in [1.54, 1.807) is 6.92 Å². The number of rotatable bonds is 10. The van der Waals surface area contributed by atoms with Gasteiger partial charge in [-0.1, -0.05) is 19.0 Å². The highest BCUT2D eigenvalue weighted by Gasteiger charge is 2.10. The maximum atomic E-state index is 11.6. The largest absolute Gasteiger partial charge is 0.481 e. The molecule has 7 heteroatoms. The zero-order valence-electron chi connectivity index (χ0n) is 12.6. The van der Waals surface area contributed by atoms with Gasteiger partial charge in [-0.25, -0.2) is 0 Å². The fourth-order valence-electron chi connectivity index (χ4n) is 1.86. The average molecular weight is 297 g/mol. The van der Waals surface area contributed by atoms with Gasteiger partial charge in [0.25, 0.3) is 0 Å². The summed E-state index contributed by atoms with van der Waals surface area (Å²) in [5.74, 6) is 0.264. The van der Waals surface area contributed by atoms with Crippen LogP contribution in [0.15, 0.2) is 4.52 Å². The second-order valence-electron chi connectivity index (χ2n) is 5.22. The van der Waals surface area contributed by atoms with Gasteiger partial charge in [-0.3, -0.25) is 9.59 Å². The Balaban J connectivity index is 2.16. The molecule has 0 saturated carbocycles. The fourth-order valence-corrected chi connectivity index (χ4v) is 1.86. The van der Waals surface area contributed by atoms with Crippen LogP contribution in [0.3, 0.4) is 0 Å². The third-order valence-electron chi connectivity index (χ3n) is 2.95. The number of aromatic nitrogens is 2. The summed E-state index contributed by atoms with van der Waals surface area (Å²) in [5, 5.41) is 15.2. The van der Waals surface area contributed by atoms with Crippen LogP contribution in [0.1, 0.15) is 51.2 Å². The molecule has 0 aliphatic rings. The van der Waals surface area contributed by atoms with Gasteiger partial charge in [0, 0.05) is 32.2 Å². The second-order valence-corrected chi connectivity index (χ2v) is 5.22. The molecule has 0 saturated heterocycles. The Morgan fingerprint density at radius 2 is 2.14 bits per heavy atom. The van der Waals surface area contributed by atoms with Gasteiger partial charge in [-0.05, 0) is 18.8 Å². The monoisotopic (exact) mass is 297 g/mol. The quantitative estimate of drug-likeness (QED) is 0.679. The molecule has 0 aromatic carbocycles. The molecule has 0 spiro atoms. The van der Waals surface area contributed by atoms with Crippen LogP contribution in [0.25, 0.3) is 0 Å². The van der Waals surface area contributed by atoms with Gasteiger partial charge < -0.3 is 14.9 Å². The van der Waals surface area contributed by atoms with E-state index in [-0.39, 0.29) is 18.2 Å². The van der Waals surface area contributed by atoms with Gasteiger partial charge in [0.15, 0.2) is 5.82 Å². The first kappa shape index (κ1) is 17.1. The van der Waals surface area contributed by atoms with Crippen LogP contribution >= 0.6 is 0 Å². The first-order chi connectivity index (χ1) is 10.0. The molecule has 2 N–H and O–H groups in total. The molecule has 1 aromatic rings. The molecule has 0 radical (unpaired) electrons. The lowest BCUT2D eigenvalue weighted by molar-refractivity contribution is -0.138. The molecule has 1 rings (SSSR count). The van der Waals surface area contributed by atoms with E-state index in [2.05, 4.69) is 15.5 Å². The third-order valence-corrected chi connectivity index (χ3v) is 2.95. The van der Waals surface area contributed by atoms with Gasteiger partial charge in [-0.2, -0.15) is 4.98 Å². The molecular weight excluding hydrogens is 274 g/mol. The van der Waals surface area contributed by atoms with Crippen molar-refractivity contribution in [3.63, 3.8) is 0 Å². The number of carbonyl (C=O) groups is 2. The lowest BCUT2D eigenvalue weighted by Gasteiger charge is -2.09. The average Bonchev–Trinajstić information content (AvgIpc) is 2.84. The highest BCUT2D eigenvalue weighted by atomic mass is 16.5. The van der Waals surface area contributed by atoms with E-state index < -0.39 is 5.97 Å².